The molecule has 1 amide bonds. The molecule has 1 fully saturated rings. The van der Waals surface area contributed by atoms with Crippen LogP contribution in [0.4, 0.5) is 11.4 Å². The zero-order chi connectivity index (χ0) is 14.7. The normalized spacial score (nSPS) is 22.8. The molecule has 20 heavy (non-hydrogen) atoms. The molecule has 5 N–H and O–H groups in total. The lowest BCUT2D eigenvalue weighted by Crippen LogP contribution is -2.32. The monoisotopic (exact) mass is 281 g/mol. The van der Waals surface area contributed by atoms with Gasteiger partial charge in [-0.15, -0.1) is 0 Å². The zero-order valence-electron chi connectivity index (χ0n) is 11.2. The van der Waals surface area contributed by atoms with E-state index >= 15 is 0 Å². The standard InChI is InChI=1S/C13H19N3O4/c1-20-12-4-8(14)2-3-9(12)15-13(19)7-16-5-10(17)11(18)6-16/h2-4,10-11,17-18H,5-7,14H2,1H3,(H,15,19). The number of aliphatic hydroxyl groups excluding tert-OH is 2. The summed E-state index contributed by atoms with van der Waals surface area (Å²) >= 11 is 0. The summed E-state index contributed by atoms with van der Waals surface area (Å²) in [5, 5.41) is 21.6. The molecule has 1 saturated heterocycles. The lowest BCUT2D eigenvalue weighted by atomic mass is 10.2. The predicted molar refractivity (Wildman–Crippen MR) is 74.5 cm³/mol. The van der Waals surface area contributed by atoms with E-state index in [0.29, 0.717) is 17.1 Å². The molecule has 2 rings (SSSR count). The number of benzene rings is 1. The molecule has 0 aliphatic carbocycles. The second kappa shape index (κ2) is 6.08. The molecule has 1 aliphatic rings. The highest BCUT2D eigenvalue weighted by molar-refractivity contribution is 5.94. The van der Waals surface area contributed by atoms with Gasteiger partial charge in [-0.2, -0.15) is 0 Å². The molecule has 0 spiro atoms. The van der Waals surface area contributed by atoms with E-state index in [0.717, 1.165) is 0 Å². The van der Waals surface area contributed by atoms with Gasteiger partial charge >= 0.3 is 0 Å². The molecular weight excluding hydrogens is 262 g/mol. The summed E-state index contributed by atoms with van der Waals surface area (Å²) in [5.41, 5.74) is 6.72. The third-order valence-corrected chi connectivity index (χ3v) is 3.20. The number of carbonyl (C=O) groups is 1. The second-order valence-corrected chi connectivity index (χ2v) is 4.84. The van der Waals surface area contributed by atoms with E-state index in [2.05, 4.69) is 5.32 Å². The van der Waals surface area contributed by atoms with Crippen molar-refractivity contribution in [3.05, 3.63) is 18.2 Å². The van der Waals surface area contributed by atoms with Gasteiger partial charge in [-0.05, 0) is 12.1 Å². The first-order chi connectivity index (χ1) is 9.49. The van der Waals surface area contributed by atoms with Crippen LogP contribution in [-0.4, -0.2) is 60.0 Å². The largest absolute Gasteiger partial charge is 0.494 e. The molecule has 0 radical (unpaired) electrons. The van der Waals surface area contributed by atoms with Gasteiger partial charge in [0.1, 0.15) is 5.75 Å². The van der Waals surface area contributed by atoms with E-state index in [1.165, 1.54) is 7.11 Å². The van der Waals surface area contributed by atoms with Crippen LogP contribution in [0.15, 0.2) is 18.2 Å². The number of nitrogen functional groups attached to an aromatic ring is 1. The molecule has 110 valence electrons. The predicted octanol–water partition coefficient (Wildman–Crippen LogP) is -0.747. The molecule has 1 aliphatic heterocycles. The van der Waals surface area contributed by atoms with Crippen LogP contribution in [0.25, 0.3) is 0 Å². The Morgan fingerprint density at radius 2 is 2.10 bits per heavy atom. The minimum Gasteiger partial charge on any atom is -0.494 e. The van der Waals surface area contributed by atoms with E-state index in [1.807, 2.05) is 0 Å². The summed E-state index contributed by atoms with van der Waals surface area (Å²) in [5.74, 6) is 0.245. The maximum atomic E-state index is 11.9. The van der Waals surface area contributed by atoms with Crippen molar-refractivity contribution in [2.24, 2.45) is 0 Å². The van der Waals surface area contributed by atoms with Gasteiger partial charge in [0.25, 0.3) is 0 Å². The number of hydrogen-bond acceptors (Lipinski definition) is 6. The zero-order valence-corrected chi connectivity index (χ0v) is 11.2. The van der Waals surface area contributed by atoms with Gasteiger partial charge in [0.2, 0.25) is 5.91 Å². The third kappa shape index (κ3) is 3.38. The highest BCUT2D eigenvalue weighted by Gasteiger charge is 2.30. The van der Waals surface area contributed by atoms with Crippen molar-refractivity contribution >= 4 is 17.3 Å². The highest BCUT2D eigenvalue weighted by Crippen LogP contribution is 2.26. The number of aliphatic hydroxyl groups is 2. The minimum absolute atomic E-state index is 0.0989. The fraction of sp³-hybridized carbons (Fsp3) is 0.462. The second-order valence-electron chi connectivity index (χ2n) is 4.84. The Morgan fingerprint density at radius 1 is 1.45 bits per heavy atom. The van der Waals surface area contributed by atoms with E-state index in [9.17, 15) is 15.0 Å². The van der Waals surface area contributed by atoms with Crippen LogP contribution in [0.1, 0.15) is 0 Å². The van der Waals surface area contributed by atoms with Crippen LogP contribution in [0.5, 0.6) is 5.75 Å². The number of amides is 1. The van der Waals surface area contributed by atoms with Crippen LogP contribution in [-0.2, 0) is 4.79 Å². The Labute approximate surface area is 116 Å². The molecule has 0 bridgehead atoms. The summed E-state index contributed by atoms with van der Waals surface area (Å²) in [6.07, 6.45) is -1.59. The Balaban J connectivity index is 1.95. The average Bonchev–Trinajstić information content (AvgIpc) is 2.70. The number of anilines is 2. The Kier molecular flexibility index (Phi) is 4.43. The summed E-state index contributed by atoms with van der Waals surface area (Å²) in [6, 6.07) is 4.96. The molecule has 1 aromatic carbocycles. The molecule has 7 heteroatoms. The number of methoxy groups -OCH3 is 1. The average molecular weight is 281 g/mol. The van der Waals surface area contributed by atoms with Crippen molar-refractivity contribution in [2.75, 3.05) is 37.8 Å². The number of likely N-dealkylation sites (tertiary alicyclic amines) is 1. The number of nitrogens with two attached hydrogens (primary N) is 1. The lowest BCUT2D eigenvalue weighted by Gasteiger charge is -2.15. The maximum absolute atomic E-state index is 11.9. The van der Waals surface area contributed by atoms with E-state index in [-0.39, 0.29) is 25.5 Å². The van der Waals surface area contributed by atoms with Crippen LogP contribution >= 0.6 is 0 Å². The number of ether oxygens (including phenoxy) is 1. The first-order valence-corrected chi connectivity index (χ1v) is 6.31. The quantitative estimate of drug-likeness (QED) is 0.541. The number of carbonyl (C=O) groups excluding carboxylic acids is 1. The number of nitrogens with zero attached hydrogens (tertiary/aromatic N) is 1. The van der Waals surface area contributed by atoms with Gasteiger partial charge in [0, 0.05) is 24.8 Å². The molecule has 7 nitrogen and oxygen atoms in total. The number of rotatable bonds is 4. The van der Waals surface area contributed by atoms with Gasteiger partial charge in [0.15, 0.2) is 0 Å². The fourth-order valence-corrected chi connectivity index (χ4v) is 2.18. The smallest absolute Gasteiger partial charge is 0.238 e. The van der Waals surface area contributed by atoms with Gasteiger partial charge in [-0.3, -0.25) is 9.69 Å². The molecular formula is C13H19N3O4. The summed E-state index contributed by atoms with van der Waals surface area (Å²) < 4.78 is 5.14. The van der Waals surface area contributed by atoms with Crippen molar-refractivity contribution in [2.45, 2.75) is 12.2 Å². The van der Waals surface area contributed by atoms with Crippen molar-refractivity contribution in [1.82, 2.24) is 4.90 Å². The van der Waals surface area contributed by atoms with E-state index in [1.54, 1.807) is 23.1 Å². The van der Waals surface area contributed by atoms with Crippen LogP contribution in [0, 0.1) is 0 Å². The fourth-order valence-electron chi connectivity index (χ4n) is 2.18. The first-order valence-electron chi connectivity index (χ1n) is 6.31. The number of β-amino-alcohol motifs (C(OH)–C–C–N with tert-alkyl or cyclic N) is 2. The topological polar surface area (TPSA) is 108 Å². The van der Waals surface area contributed by atoms with Gasteiger partial charge < -0.3 is 26.0 Å². The van der Waals surface area contributed by atoms with Crippen molar-refractivity contribution in [3.63, 3.8) is 0 Å². The maximum Gasteiger partial charge on any atom is 0.238 e. The number of nitrogens with one attached hydrogen (secondary N) is 1. The van der Waals surface area contributed by atoms with Gasteiger partial charge in [0.05, 0.1) is 31.5 Å². The van der Waals surface area contributed by atoms with Crippen LogP contribution in [0.3, 0.4) is 0 Å². The molecule has 0 aromatic heterocycles. The summed E-state index contributed by atoms with van der Waals surface area (Å²) in [7, 11) is 1.50. The lowest BCUT2D eigenvalue weighted by molar-refractivity contribution is -0.117. The van der Waals surface area contributed by atoms with Gasteiger partial charge in [-0.25, -0.2) is 0 Å². The highest BCUT2D eigenvalue weighted by atomic mass is 16.5. The van der Waals surface area contributed by atoms with E-state index < -0.39 is 12.2 Å². The molecule has 2 unspecified atom stereocenters. The van der Waals surface area contributed by atoms with Crippen molar-refractivity contribution in [3.8, 4) is 5.75 Å². The summed E-state index contributed by atoms with van der Waals surface area (Å²) in [4.78, 5) is 13.6. The Morgan fingerprint density at radius 3 is 2.70 bits per heavy atom. The Hall–Kier alpha value is -1.83. The third-order valence-electron chi connectivity index (χ3n) is 3.20. The minimum atomic E-state index is -0.797. The van der Waals surface area contributed by atoms with Crippen molar-refractivity contribution in [1.29, 1.82) is 0 Å². The summed E-state index contributed by atoms with van der Waals surface area (Å²) in [6.45, 7) is 0.669. The molecule has 1 aromatic rings. The van der Waals surface area contributed by atoms with E-state index in [4.69, 9.17) is 10.5 Å². The molecule has 1 heterocycles. The van der Waals surface area contributed by atoms with Crippen molar-refractivity contribution < 1.29 is 19.7 Å². The van der Waals surface area contributed by atoms with Crippen LogP contribution in [0.2, 0.25) is 0 Å². The molecule has 2 atom stereocenters. The van der Waals surface area contributed by atoms with Crippen LogP contribution < -0.4 is 15.8 Å². The Bertz CT molecular complexity index is 485. The first kappa shape index (κ1) is 14.6. The molecule has 0 saturated carbocycles. The SMILES string of the molecule is COc1cc(N)ccc1NC(=O)CN1CC(O)C(O)C1. The van der Waals surface area contributed by atoms with Gasteiger partial charge in [-0.1, -0.05) is 0 Å². The number of hydrogen-bond donors (Lipinski definition) is 4.